The van der Waals surface area contributed by atoms with Crippen LogP contribution < -0.4 is 9.47 Å². The first-order valence-electron chi connectivity index (χ1n) is 5.07. The number of benzene rings is 1. The van der Waals surface area contributed by atoms with Crippen LogP contribution in [0, 0.1) is 0 Å². The van der Waals surface area contributed by atoms with E-state index < -0.39 is 0 Å². The summed E-state index contributed by atoms with van der Waals surface area (Å²) in [6.07, 6.45) is 7.30. The van der Waals surface area contributed by atoms with Crippen molar-refractivity contribution in [2.24, 2.45) is 0 Å². The zero-order valence-electron chi connectivity index (χ0n) is 9.64. The van der Waals surface area contributed by atoms with Crippen LogP contribution in [-0.2, 0) is 0 Å². The highest BCUT2D eigenvalue weighted by atomic mass is 16.5. The molecule has 0 bridgehead atoms. The lowest BCUT2D eigenvalue weighted by Crippen LogP contribution is -1.92. The summed E-state index contributed by atoms with van der Waals surface area (Å²) in [5, 5.41) is 0. The van der Waals surface area contributed by atoms with Crippen LogP contribution in [0.15, 0.2) is 60.9 Å². The standard InChI is InChI=1S/C14H16O2/c1-4-6-13(7-5-2)16-14-10-8-12(15-3)9-11-14/h4-11H,1H2,2-3H3/b7-5-,13-6+. The molecule has 0 aliphatic heterocycles. The maximum Gasteiger partial charge on any atom is 0.127 e. The lowest BCUT2D eigenvalue weighted by Gasteiger charge is -2.06. The second kappa shape index (κ2) is 6.51. The summed E-state index contributed by atoms with van der Waals surface area (Å²) >= 11 is 0. The Hall–Kier alpha value is -1.96. The van der Waals surface area contributed by atoms with Gasteiger partial charge in [0, 0.05) is 0 Å². The van der Waals surface area contributed by atoms with Gasteiger partial charge in [-0.25, -0.2) is 0 Å². The number of hydrogen-bond donors (Lipinski definition) is 0. The third-order valence-corrected chi connectivity index (χ3v) is 1.91. The second-order valence-electron chi connectivity index (χ2n) is 3.08. The van der Waals surface area contributed by atoms with Gasteiger partial charge in [0.15, 0.2) is 0 Å². The Morgan fingerprint density at radius 2 is 1.81 bits per heavy atom. The molecule has 0 aromatic heterocycles. The van der Waals surface area contributed by atoms with Crippen LogP contribution in [0.25, 0.3) is 0 Å². The Bertz CT molecular complexity index is 386. The van der Waals surface area contributed by atoms with E-state index in [9.17, 15) is 0 Å². The molecule has 0 aliphatic rings. The molecule has 16 heavy (non-hydrogen) atoms. The predicted molar refractivity (Wildman–Crippen MR) is 66.7 cm³/mol. The molecule has 0 radical (unpaired) electrons. The largest absolute Gasteiger partial charge is 0.497 e. The predicted octanol–water partition coefficient (Wildman–Crippen LogP) is 3.72. The molecule has 0 saturated carbocycles. The fraction of sp³-hybridized carbons (Fsp3) is 0.143. The van der Waals surface area contributed by atoms with Crippen LogP contribution >= 0.6 is 0 Å². The third-order valence-electron chi connectivity index (χ3n) is 1.91. The first kappa shape index (κ1) is 12.1. The number of hydrogen-bond acceptors (Lipinski definition) is 2. The topological polar surface area (TPSA) is 18.5 Å². The average molecular weight is 216 g/mol. The molecule has 0 heterocycles. The maximum atomic E-state index is 5.64. The third kappa shape index (κ3) is 3.65. The molecule has 0 N–H and O–H groups in total. The van der Waals surface area contributed by atoms with Crippen molar-refractivity contribution in [2.75, 3.05) is 7.11 Å². The first-order valence-corrected chi connectivity index (χ1v) is 5.07. The van der Waals surface area contributed by atoms with Crippen molar-refractivity contribution in [3.05, 3.63) is 60.9 Å². The van der Waals surface area contributed by atoms with E-state index in [0.29, 0.717) is 0 Å². The molecular formula is C14H16O2. The summed E-state index contributed by atoms with van der Waals surface area (Å²) in [5.41, 5.74) is 0. The van der Waals surface area contributed by atoms with E-state index in [2.05, 4.69) is 6.58 Å². The number of rotatable bonds is 5. The molecule has 84 valence electrons. The summed E-state index contributed by atoms with van der Waals surface area (Å²) < 4.78 is 10.7. The fourth-order valence-corrected chi connectivity index (χ4v) is 1.18. The van der Waals surface area contributed by atoms with Crippen molar-refractivity contribution < 1.29 is 9.47 Å². The van der Waals surface area contributed by atoms with Gasteiger partial charge in [0.05, 0.1) is 7.11 Å². The minimum absolute atomic E-state index is 0.752. The Kier molecular flexibility index (Phi) is 4.93. The van der Waals surface area contributed by atoms with Gasteiger partial charge in [-0.3, -0.25) is 0 Å². The van der Waals surface area contributed by atoms with Gasteiger partial charge in [-0.15, -0.1) is 0 Å². The number of ether oxygens (including phenoxy) is 2. The van der Waals surface area contributed by atoms with Gasteiger partial charge in [0.2, 0.25) is 0 Å². The zero-order chi connectivity index (χ0) is 11.8. The van der Waals surface area contributed by atoms with Crippen molar-refractivity contribution in [3.63, 3.8) is 0 Å². The highest BCUT2D eigenvalue weighted by Crippen LogP contribution is 2.19. The Labute approximate surface area is 96.5 Å². The molecule has 0 aliphatic carbocycles. The van der Waals surface area contributed by atoms with Gasteiger partial charge < -0.3 is 9.47 Å². The minimum atomic E-state index is 0.752. The molecule has 0 saturated heterocycles. The van der Waals surface area contributed by atoms with Crippen molar-refractivity contribution >= 4 is 0 Å². The van der Waals surface area contributed by atoms with Gasteiger partial charge in [0.1, 0.15) is 17.3 Å². The van der Waals surface area contributed by atoms with Crippen LogP contribution in [-0.4, -0.2) is 7.11 Å². The minimum Gasteiger partial charge on any atom is -0.497 e. The van der Waals surface area contributed by atoms with Crippen molar-refractivity contribution in [2.45, 2.75) is 6.92 Å². The molecule has 2 heteroatoms. The Morgan fingerprint density at radius 1 is 1.19 bits per heavy atom. The van der Waals surface area contributed by atoms with Crippen LogP contribution in [0.5, 0.6) is 11.5 Å². The SMILES string of the molecule is C=C/C=C(\C=C/C)Oc1ccc(OC)cc1. The number of allylic oxidation sites excluding steroid dienone is 4. The van der Waals surface area contributed by atoms with Crippen molar-refractivity contribution in [1.82, 2.24) is 0 Å². The van der Waals surface area contributed by atoms with Crippen LogP contribution in [0.4, 0.5) is 0 Å². The van der Waals surface area contributed by atoms with E-state index in [4.69, 9.17) is 9.47 Å². The molecule has 1 aromatic carbocycles. The average Bonchev–Trinajstić information content (AvgIpc) is 2.31. The zero-order valence-corrected chi connectivity index (χ0v) is 9.64. The first-order chi connectivity index (χ1) is 7.80. The van der Waals surface area contributed by atoms with Crippen LogP contribution in [0.1, 0.15) is 6.92 Å². The van der Waals surface area contributed by atoms with E-state index in [1.165, 1.54) is 0 Å². The molecule has 1 rings (SSSR count). The maximum absolute atomic E-state index is 5.64. The molecular weight excluding hydrogens is 200 g/mol. The van der Waals surface area contributed by atoms with E-state index in [1.54, 1.807) is 13.2 Å². The highest BCUT2D eigenvalue weighted by molar-refractivity contribution is 5.33. The molecule has 0 unspecified atom stereocenters. The van der Waals surface area contributed by atoms with E-state index in [0.717, 1.165) is 17.3 Å². The van der Waals surface area contributed by atoms with Gasteiger partial charge in [-0.05, 0) is 43.3 Å². The molecule has 1 aromatic rings. The summed E-state index contributed by atoms with van der Waals surface area (Å²) in [4.78, 5) is 0. The summed E-state index contributed by atoms with van der Waals surface area (Å²) in [6, 6.07) is 7.44. The quantitative estimate of drug-likeness (QED) is 0.551. The summed E-state index contributed by atoms with van der Waals surface area (Å²) in [7, 11) is 1.64. The Morgan fingerprint density at radius 3 is 2.31 bits per heavy atom. The van der Waals surface area contributed by atoms with Crippen molar-refractivity contribution in [3.8, 4) is 11.5 Å². The monoisotopic (exact) mass is 216 g/mol. The fourth-order valence-electron chi connectivity index (χ4n) is 1.18. The van der Waals surface area contributed by atoms with E-state index >= 15 is 0 Å². The lowest BCUT2D eigenvalue weighted by molar-refractivity contribution is 0.410. The highest BCUT2D eigenvalue weighted by Gasteiger charge is 1.97. The smallest absolute Gasteiger partial charge is 0.127 e. The summed E-state index contributed by atoms with van der Waals surface area (Å²) in [5.74, 6) is 2.34. The van der Waals surface area contributed by atoms with E-state index in [1.807, 2.05) is 49.4 Å². The molecule has 0 amide bonds. The second-order valence-corrected chi connectivity index (χ2v) is 3.08. The normalized spacial score (nSPS) is 11.5. The van der Waals surface area contributed by atoms with E-state index in [-0.39, 0.29) is 0 Å². The van der Waals surface area contributed by atoms with Gasteiger partial charge in [-0.2, -0.15) is 0 Å². The van der Waals surface area contributed by atoms with Gasteiger partial charge in [0.25, 0.3) is 0 Å². The van der Waals surface area contributed by atoms with Crippen LogP contribution in [0.2, 0.25) is 0 Å². The number of methoxy groups -OCH3 is 1. The van der Waals surface area contributed by atoms with Gasteiger partial charge >= 0.3 is 0 Å². The van der Waals surface area contributed by atoms with Crippen molar-refractivity contribution in [1.29, 1.82) is 0 Å². The summed E-state index contributed by atoms with van der Waals surface area (Å²) in [6.45, 7) is 5.58. The van der Waals surface area contributed by atoms with Crippen LogP contribution in [0.3, 0.4) is 0 Å². The lowest BCUT2D eigenvalue weighted by atomic mass is 10.3. The molecule has 0 fully saturated rings. The molecule has 0 spiro atoms. The molecule has 2 nitrogen and oxygen atoms in total. The molecule has 0 atom stereocenters. The van der Waals surface area contributed by atoms with Gasteiger partial charge in [-0.1, -0.05) is 18.7 Å². The Balaban J connectivity index is 2.77.